The zero-order chi connectivity index (χ0) is 9.69. The molecule has 0 amide bonds. The molecule has 2 aliphatic rings. The van der Waals surface area contributed by atoms with E-state index in [-0.39, 0.29) is 0 Å². The van der Waals surface area contributed by atoms with Crippen LogP contribution in [0.5, 0.6) is 0 Å². The lowest BCUT2D eigenvalue weighted by molar-refractivity contribution is -0.000287. The van der Waals surface area contributed by atoms with Crippen molar-refractivity contribution in [2.24, 2.45) is 0 Å². The number of hydrogen-bond acceptors (Lipinski definition) is 8. The highest BCUT2D eigenvalue weighted by Gasteiger charge is 2.50. The van der Waals surface area contributed by atoms with Gasteiger partial charge in [0.2, 0.25) is 0 Å². The molecule has 0 saturated carbocycles. The third kappa shape index (κ3) is 1.75. The molecular formula is CH6B4O8-2. The molecule has 2 rings (SSSR count). The van der Waals surface area contributed by atoms with E-state index < -0.39 is 28.4 Å². The zero-order valence-corrected chi connectivity index (χ0v) is 6.69. The second kappa shape index (κ2) is 2.72. The average molecular weight is 189 g/mol. The average Bonchev–Trinajstić information content (AvgIpc) is 1.75. The van der Waals surface area contributed by atoms with E-state index in [1.54, 1.807) is 0 Å². The van der Waals surface area contributed by atoms with Gasteiger partial charge in [0.1, 0.15) is 0 Å². The molecular weight excluding hydrogens is 183 g/mol. The Morgan fingerprint density at radius 1 is 1.00 bits per heavy atom. The Hall–Kier alpha value is -0.0603. The maximum absolute atomic E-state index is 9.34. The summed E-state index contributed by atoms with van der Waals surface area (Å²) in [6.07, 6.45) is 0. The molecule has 13 heavy (non-hydrogen) atoms. The summed E-state index contributed by atoms with van der Waals surface area (Å²) in [7, 11) is -3.42. The van der Waals surface area contributed by atoms with Crippen LogP contribution in [0.3, 0.4) is 0 Å². The standard InChI is InChI=1S/CH6B4O8/c1-4-9-2(6)11-5(8,13-4)12-3(7)10-4/h6-8H,1H3/q-2. The maximum atomic E-state index is 9.34. The highest BCUT2D eigenvalue weighted by molar-refractivity contribution is 6.86. The molecule has 0 atom stereocenters. The molecule has 0 aliphatic carbocycles. The number of fused-ring (bicyclic) bond motifs is 2. The Balaban J connectivity index is 2.22. The fraction of sp³-hybridized carbons (Fsp3) is 1.00. The summed E-state index contributed by atoms with van der Waals surface area (Å²) < 4.78 is 22.7. The number of hydrogen-bond donors (Lipinski definition) is 3. The van der Waals surface area contributed by atoms with Crippen LogP contribution in [0.4, 0.5) is 0 Å². The highest BCUT2D eigenvalue weighted by atomic mass is 17.0. The first kappa shape index (κ1) is 9.49. The smallest absolute Gasteiger partial charge is 0.551 e. The fourth-order valence-electron chi connectivity index (χ4n) is 1.29. The molecule has 2 aliphatic heterocycles. The Bertz CT molecular complexity index is 186. The summed E-state index contributed by atoms with van der Waals surface area (Å²) in [4.78, 5) is 0. The minimum atomic E-state index is -3.20. The first-order valence-electron chi connectivity index (χ1n) is 3.71. The Morgan fingerprint density at radius 3 is 1.85 bits per heavy atom. The van der Waals surface area contributed by atoms with E-state index in [0.29, 0.717) is 0 Å². The minimum Gasteiger partial charge on any atom is -0.705 e. The van der Waals surface area contributed by atoms with Crippen molar-refractivity contribution in [3.8, 4) is 0 Å². The Morgan fingerprint density at radius 2 is 1.46 bits per heavy atom. The van der Waals surface area contributed by atoms with E-state index in [1.165, 1.54) is 6.82 Å². The second-order valence-corrected chi connectivity index (χ2v) is 2.90. The lowest BCUT2D eigenvalue weighted by Gasteiger charge is -2.61. The van der Waals surface area contributed by atoms with Crippen LogP contribution in [0.15, 0.2) is 0 Å². The van der Waals surface area contributed by atoms with Gasteiger partial charge in [-0.25, -0.2) is 0 Å². The molecule has 2 saturated heterocycles. The lowest BCUT2D eigenvalue weighted by Crippen LogP contribution is -2.73. The van der Waals surface area contributed by atoms with Crippen LogP contribution in [0.2, 0.25) is 6.82 Å². The summed E-state index contributed by atoms with van der Waals surface area (Å²) in [6.45, 7) is -4.35. The molecule has 8 nitrogen and oxygen atoms in total. The topological polar surface area (TPSA) is 107 Å². The van der Waals surface area contributed by atoms with Crippen molar-refractivity contribution >= 4 is 28.4 Å². The van der Waals surface area contributed by atoms with Crippen molar-refractivity contribution in [3.63, 3.8) is 0 Å². The SMILES string of the molecule is C[B-]12OB(O)O[B-](O)(OB(O)O1)O2. The van der Waals surface area contributed by atoms with Crippen LogP contribution in [-0.4, -0.2) is 43.4 Å². The van der Waals surface area contributed by atoms with Gasteiger partial charge >= 0.3 is 28.4 Å². The normalized spacial score (nSPS) is 45.2. The second-order valence-electron chi connectivity index (χ2n) is 2.90. The van der Waals surface area contributed by atoms with Crippen LogP contribution in [0.1, 0.15) is 0 Å². The van der Waals surface area contributed by atoms with Crippen molar-refractivity contribution in [3.05, 3.63) is 0 Å². The monoisotopic (exact) mass is 190 g/mol. The van der Waals surface area contributed by atoms with Gasteiger partial charge in [-0.15, -0.1) is 6.82 Å². The van der Waals surface area contributed by atoms with E-state index in [2.05, 4.69) is 18.3 Å². The molecule has 0 aromatic carbocycles. The van der Waals surface area contributed by atoms with Crippen LogP contribution < -0.4 is 0 Å². The van der Waals surface area contributed by atoms with Gasteiger partial charge in [0, 0.05) is 0 Å². The van der Waals surface area contributed by atoms with Gasteiger partial charge in [0.15, 0.2) is 0 Å². The van der Waals surface area contributed by atoms with Crippen LogP contribution >= 0.6 is 0 Å². The highest BCUT2D eigenvalue weighted by Crippen LogP contribution is 2.29. The molecule has 0 aromatic rings. The van der Waals surface area contributed by atoms with E-state index in [9.17, 15) is 5.02 Å². The third-order valence-electron chi connectivity index (χ3n) is 1.72. The van der Waals surface area contributed by atoms with Gasteiger partial charge in [-0.05, 0) is 0 Å². The Kier molecular flexibility index (Phi) is 1.98. The lowest BCUT2D eigenvalue weighted by atomic mass is 9.69. The van der Waals surface area contributed by atoms with Crippen molar-refractivity contribution < 1.29 is 37.9 Å². The largest absolute Gasteiger partial charge is 0.705 e. The molecule has 2 bridgehead atoms. The van der Waals surface area contributed by atoms with E-state index in [0.717, 1.165) is 0 Å². The molecule has 0 radical (unpaired) electrons. The summed E-state index contributed by atoms with van der Waals surface area (Å²) in [5.41, 5.74) is 0. The van der Waals surface area contributed by atoms with Crippen molar-refractivity contribution in [1.82, 2.24) is 0 Å². The predicted molar refractivity (Wildman–Crippen MR) is 41.0 cm³/mol. The Labute approximate surface area is 74.1 Å². The maximum Gasteiger partial charge on any atom is 0.551 e. The third-order valence-corrected chi connectivity index (χ3v) is 1.72. The zero-order valence-electron chi connectivity index (χ0n) is 6.69. The van der Waals surface area contributed by atoms with Gasteiger partial charge < -0.3 is 37.9 Å². The van der Waals surface area contributed by atoms with E-state index in [4.69, 9.17) is 14.6 Å². The van der Waals surface area contributed by atoms with Gasteiger partial charge in [-0.2, -0.15) is 0 Å². The first-order chi connectivity index (χ1) is 5.91. The molecule has 3 N–H and O–H groups in total. The molecule has 12 heteroatoms. The molecule has 0 unspecified atom stereocenters. The van der Waals surface area contributed by atoms with Gasteiger partial charge in [0.05, 0.1) is 0 Å². The van der Waals surface area contributed by atoms with Crippen molar-refractivity contribution in [1.29, 1.82) is 0 Å². The quantitative estimate of drug-likeness (QED) is 0.347. The van der Waals surface area contributed by atoms with E-state index in [1.807, 2.05) is 0 Å². The first-order valence-corrected chi connectivity index (χ1v) is 3.71. The molecule has 0 aromatic heterocycles. The van der Waals surface area contributed by atoms with Crippen LogP contribution in [0, 0.1) is 0 Å². The van der Waals surface area contributed by atoms with Crippen molar-refractivity contribution in [2.75, 3.05) is 0 Å². The predicted octanol–water partition coefficient (Wildman–Crippen LogP) is -2.95. The fourth-order valence-corrected chi connectivity index (χ4v) is 1.29. The molecule has 2 heterocycles. The van der Waals surface area contributed by atoms with Gasteiger partial charge in [-0.3, -0.25) is 0 Å². The molecule has 2 fully saturated rings. The summed E-state index contributed by atoms with van der Waals surface area (Å²) in [5, 5.41) is 27.2. The summed E-state index contributed by atoms with van der Waals surface area (Å²) in [5.74, 6) is 0. The van der Waals surface area contributed by atoms with Crippen LogP contribution in [-0.2, 0) is 22.9 Å². The van der Waals surface area contributed by atoms with Gasteiger partial charge in [0.25, 0.3) is 0 Å². The number of rotatable bonds is 0. The van der Waals surface area contributed by atoms with Gasteiger partial charge in [-0.1, -0.05) is 0 Å². The summed E-state index contributed by atoms with van der Waals surface area (Å²) in [6, 6.07) is 0. The minimum absolute atomic E-state index is 1.30. The van der Waals surface area contributed by atoms with Crippen molar-refractivity contribution in [2.45, 2.75) is 6.82 Å². The van der Waals surface area contributed by atoms with E-state index >= 15 is 0 Å². The molecule has 72 valence electrons. The summed E-state index contributed by atoms with van der Waals surface area (Å²) >= 11 is 0. The van der Waals surface area contributed by atoms with Crippen LogP contribution in [0.25, 0.3) is 0 Å². The molecule has 0 spiro atoms.